The Morgan fingerprint density at radius 1 is 1.20 bits per heavy atom. The third kappa shape index (κ3) is 1.79. The Morgan fingerprint density at radius 2 is 1.93 bits per heavy atom. The fraction of sp³-hybridized carbons (Fsp3) is 0.0769. The molecule has 0 radical (unpaired) electrons. The van der Waals surface area contributed by atoms with E-state index in [2.05, 4.69) is 6.58 Å². The van der Waals surface area contributed by atoms with E-state index in [-0.39, 0.29) is 0 Å². The van der Waals surface area contributed by atoms with E-state index in [4.69, 9.17) is 10.5 Å². The zero-order chi connectivity index (χ0) is 10.7. The molecular weight excluding hydrogens is 186 g/mol. The van der Waals surface area contributed by atoms with Gasteiger partial charge >= 0.3 is 0 Å². The van der Waals surface area contributed by atoms with Crippen molar-refractivity contribution in [1.82, 2.24) is 0 Å². The second-order valence-corrected chi connectivity index (χ2v) is 3.30. The van der Waals surface area contributed by atoms with Gasteiger partial charge in [-0.1, -0.05) is 36.9 Å². The summed E-state index contributed by atoms with van der Waals surface area (Å²) in [5.74, 6) is 0.811. The van der Waals surface area contributed by atoms with E-state index < -0.39 is 0 Å². The summed E-state index contributed by atoms with van der Waals surface area (Å²) in [6.45, 7) is 4.12. The van der Waals surface area contributed by atoms with E-state index in [1.54, 1.807) is 6.08 Å². The zero-order valence-electron chi connectivity index (χ0n) is 8.44. The maximum Gasteiger partial charge on any atom is 0.129 e. The molecule has 2 heteroatoms. The molecule has 0 unspecified atom stereocenters. The maximum absolute atomic E-state index is 5.92. The summed E-state index contributed by atoms with van der Waals surface area (Å²) in [7, 11) is 0. The van der Waals surface area contributed by atoms with E-state index in [1.165, 1.54) is 0 Å². The Hall–Kier alpha value is -1.96. The predicted octanol–water partition coefficient (Wildman–Crippen LogP) is 2.99. The summed E-state index contributed by atoms with van der Waals surface area (Å²) in [6.07, 6.45) is 1.72. The van der Waals surface area contributed by atoms with Crippen LogP contribution in [0.1, 0.15) is 0 Å². The summed E-state index contributed by atoms with van der Waals surface area (Å²) in [5.41, 5.74) is 6.67. The lowest BCUT2D eigenvalue weighted by Crippen LogP contribution is -1.95. The van der Waals surface area contributed by atoms with Crippen LogP contribution in [0.15, 0.2) is 49.1 Å². The van der Waals surface area contributed by atoms with E-state index in [1.807, 2.05) is 36.4 Å². The van der Waals surface area contributed by atoms with Crippen molar-refractivity contribution in [1.29, 1.82) is 0 Å². The van der Waals surface area contributed by atoms with Gasteiger partial charge in [0, 0.05) is 11.1 Å². The van der Waals surface area contributed by atoms with Crippen LogP contribution in [0.4, 0.5) is 5.69 Å². The molecule has 0 amide bonds. The molecule has 0 heterocycles. The van der Waals surface area contributed by atoms with E-state index in [0.717, 1.165) is 22.2 Å². The smallest absolute Gasteiger partial charge is 0.129 e. The van der Waals surface area contributed by atoms with Crippen molar-refractivity contribution >= 4 is 16.5 Å². The molecule has 2 rings (SSSR count). The Kier molecular flexibility index (Phi) is 2.59. The van der Waals surface area contributed by atoms with Gasteiger partial charge in [-0.2, -0.15) is 0 Å². The highest BCUT2D eigenvalue weighted by Crippen LogP contribution is 2.30. The standard InChI is InChI=1S/C13H13NO/c1-2-9-15-12-8-4-6-10-5-3-7-11(14)13(10)12/h2-8H,1,9,14H2. The quantitative estimate of drug-likeness (QED) is 0.609. The Labute approximate surface area is 89.0 Å². The fourth-order valence-electron chi connectivity index (χ4n) is 1.60. The van der Waals surface area contributed by atoms with Crippen LogP contribution in [-0.2, 0) is 0 Å². The summed E-state index contributed by atoms with van der Waals surface area (Å²) in [5, 5.41) is 2.07. The minimum Gasteiger partial charge on any atom is -0.489 e. The van der Waals surface area contributed by atoms with Crippen molar-refractivity contribution < 1.29 is 4.74 Å². The molecule has 2 aromatic rings. The second kappa shape index (κ2) is 4.05. The summed E-state index contributed by atoms with van der Waals surface area (Å²) in [4.78, 5) is 0. The van der Waals surface area contributed by atoms with Crippen LogP contribution in [0.3, 0.4) is 0 Å². The van der Waals surface area contributed by atoms with Crippen LogP contribution in [-0.4, -0.2) is 6.61 Å². The van der Waals surface area contributed by atoms with Gasteiger partial charge in [-0.3, -0.25) is 0 Å². The molecular formula is C13H13NO. The van der Waals surface area contributed by atoms with Crippen molar-refractivity contribution in [3.63, 3.8) is 0 Å². The largest absolute Gasteiger partial charge is 0.489 e. The third-order valence-electron chi connectivity index (χ3n) is 2.26. The molecule has 0 fully saturated rings. The Morgan fingerprint density at radius 3 is 2.67 bits per heavy atom. The first-order valence-electron chi connectivity index (χ1n) is 4.84. The summed E-state index contributed by atoms with van der Waals surface area (Å²) < 4.78 is 5.55. The van der Waals surface area contributed by atoms with Gasteiger partial charge in [0.15, 0.2) is 0 Å². The van der Waals surface area contributed by atoms with Crippen molar-refractivity contribution in [3.05, 3.63) is 49.1 Å². The highest BCUT2D eigenvalue weighted by Gasteiger charge is 2.03. The number of fused-ring (bicyclic) bond motifs is 1. The lowest BCUT2D eigenvalue weighted by molar-refractivity contribution is 0.368. The van der Waals surface area contributed by atoms with Crippen molar-refractivity contribution in [3.8, 4) is 5.75 Å². The van der Waals surface area contributed by atoms with Gasteiger partial charge in [0.25, 0.3) is 0 Å². The predicted molar refractivity (Wildman–Crippen MR) is 64.1 cm³/mol. The van der Waals surface area contributed by atoms with Gasteiger partial charge in [0.2, 0.25) is 0 Å². The molecule has 0 bridgehead atoms. The number of ether oxygens (including phenoxy) is 1. The van der Waals surface area contributed by atoms with Gasteiger partial charge < -0.3 is 10.5 Å². The first kappa shape index (κ1) is 9.59. The van der Waals surface area contributed by atoms with Gasteiger partial charge in [0.1, 0.15) is 12.4 Å². The zero-order valence-corrected chi connectivity index (χ0v) is 8.44. The van der Waals surface area contributed by atoms with Crippen LogP contribution in [0.25, 0.3) is 10.8 Å². The number of rotatable bonds is 3. The number of nitrogen functional groups attached to an aromatic ring is 1. The molecule has 0 aromatic heterocycles. The fourth-order valence-corrected chi connectivity index (χ4v) is 1.60. The molecule has 0 saturated carbocycles. The van der Waals surface area contributed by atoms with Crippen LogP contribution in [0.5, 0.6) is 5.75 Å². The molecule has 2 nitrogen and oxygen atoms in total. The number of nitrogens with two attached hydrogens (primary N) is 1. The number of anilines is 1. The third-order valence-corrected chi connectivity index (χ3v) is 2.26. The number of hydrogen-bond donors (Lipinski definition) is 1. The SMILES string of the molecule is C=CCOc1cccc2cccc(N)c12. The van der Waals surface area contributed by atoms with Crippen LogP contribution >= 0.6 is 0 Å². The van der Waals surface area contributed by atoms with E-state index >= 15 is 0 Å². The van der Waals surface area contributed by atoms with Crippen LogP contribution in [0, 0.1) is 0 Å². The van der Waals surface area contributed by atoms with Gasteiger partial charge in [0.05, 0.1) is 0 Å². The first-order chi connectivity index (χ1) is 7.33. The summed E-state index contributed by atoms with van der Waals surface area (Å²) >= 11 is 0. The molecule has 15 heavy (non-hydrogen) atoms. The Bertz CT molecular complexity index is 486. The molecule has 0 aliphatic heterocycles. The van der Waals surface area contributed by atoms with Crippen molar-refractivity contribution in [2.45, 2.75) is 0 Å². The van der Waals surface area contributed by atoms with Crippen molar-refractivity contribution in [2.75, 3.05) is 12.3 Å². The lowest BCUT2D eigenvalue weighted by atomic mass is 10.1. The number of benzene rings is 2. The highest BCUT2D eigenvalue weighted by molar-refractivity contribution is 5.97. The average molecular weight is 199 g/mol. The van der Waals surface area contributed by atoms with E-state index in [9.17, 15) is 0 Å². The molecule has 0 saturated heterocycles. The monoisotopic (exact) mass is 199 g/mol. The lowest BCUT2D eigenvalue weighted by Gasteiger charge is -2.09. The highest BCUT2D eigenvalue weighted by atomic mass is 16.5. The Balaban J connectivity index is 2.58. The van der Waals surface area contributed by atoms with Crippen molar-refractivity contribution in [2.24, 2.45) is 0 Å². The molecule has 2 N–H and O–H groups in total. The topological polar surface area (TPSA) is 35.2 Å². The average Bonchev–Trinajstić information content (AvgIpc) is 2.26. The second-order valence-electron chi connectivity index (χ2n) is 3.30. The first-order valence-corrected chi connectivity index (χ1v) is 4.84. The van der Waals surface area contributed by atoms with Crippen LogP contribution < -0.4 is 10.5 Å². The molecule has 0 aliphatic rings. The van der Waals surface area contributed by atoms with E-state index in [0.29, 0.717) is 6.61 Å². The minimum atomic E-state index is 0.493. The maximum atomic E-state index is 5.92. The molecule has 2 aromatic carbocycles. The molecule has 0 atom stereocenters. The normalized spacial score (nSPS) is 10.1. The minimum absolute atomic E-state index is 0.493. The van der Waals surface area contributed by atoms with Gasteiger partial charge in [-0.05, 0) is 17.5 Å². The molecule has 76 valence electrons. The molecule has 0 aliphatic carbocycles. The van der Waals surface area contributed by atoms with Gasteiger partial charge in [-0.25, -0.2) is 0 Å². The summed E-state index contributed by atoms with van der Waals surface area (Å²) in [6, 6.07) is 11.7. The number of hydrogen-bond acceptors (Lipinski definition) is 2. The van der Waals surface area contributed by atoms with Crippen LogP contribution in [0.2, 0.25) is 0 Å². The van der Waals surface area contributed by atoms with Gasteiger partial charge in [-0.15, -0.1) is 0 Å². The molecule has 0 spiro atoms.